The van der Waals surface area contributed by atoms with E-state index in [1.54, 1.807) is 7.11 Å². The Morgan fingerprint density at radius 2 is 1.82 bits per heavy atom. The molecular formula is C34H49N2O3+. The number of hydrogen-bond donors (Lipinski definition) is 1. The smallest absolute Gasteiger partial charge is 0.220 e. The first-order valence-electron chi connectivity index (χ1n) is 15.3. The zero-order chi connectivity index (χ0) is 27.3. The van der Waals surface area contributed by atoms with Crippen molar-refractivity contribution in [3.8, 4) is 5.75 Å². The molecule has 39 heavy (non-hydrogen) atoms. The number of carbonyl (C=O) groups is 1. The fraction of sp³-hybridized carbons (Fsp3) is 0.618. The van der Waals surface area contributed by atoms with Crippen molar-refractivity contribution in [2.75, 3.05) is 40.9 Å². The average Bonchev–Trinajstić information content (AvgIpc) is 3.77. The zero-order valence-corrected chi connectivity index (χ0v) is 24.4. The standard InChI is InChI=1S/C34H48N2O3/c1-36(25-28-17-18-28)22-21-33(29-14-10-15-31(23-29)38-2)24-30(19-20-34(33,26-36)39-3)35-32(37)16-9-5-8-13-27-11-6-4-7-12-27/h4,6-7,10-12,14-15,23,28,30H,5,8-9,13,16-22,24-26H2,1-3H3/p+1/t30-,33+,34?,36-/m1/s1. The van der Waals surface area contributed by atoms with E-state index in [1.165, 1.54) is 30.5 Å². The molecule has 0 spiro atoms. The third kappa shape index (κ3) is 6.36. The highest BCUT2D eigenvalue weighted by atomic mass is 16.5. The number of unbranched alkanes of at least 4 members (excludes halogenated alkanes) is 2. The average molecular weight is 534 g/mol. The molecule has 0 bridgehead atoms. The quantitative estimate of drug-likeness (QED) is 0.267. The molecule has 5 heteroatoms. The summed E-state index contributed by atoms with van der Waals surface area (Å²) in [5, 5.41) is 3.46. The van der Waals surface area contributed by atoms with E-state index >= 15 is 0 Å². The second kappa shape index (κ2) is 12.0. The van der Waals surface area contributed by atoms with Crippen LogP contribution < -0.4 is 10.1 Å². The van der Waals surface area contributed by atoms with Gasteiger partial charge in [-0.1, -0.05) is 48.9 Å². The fourth-order valence-corrected chi connectivity index (χ4v) is 7.82. The van der Waals surface area contributed by atoms with E-state index in [0.29, 0.717) is 6.42 Å². The first-order chi connectivity index (χ1) is 18.9. The highest BCUT2D eigenvalue weighted by molar-refractivity contribution is 5.76. The number of nitrogens with zero attached hydrogens (tertiary/aromatic N) is 1. The van der Waals surface area contributed by atoms with Gasteiger partial charge in [-0.2, -0.15) is 0 Å². The Morgan fingerprint density at radius 1 is 1.00 bits per heavy atom. The maximum absolute atomic E-state index is 13.1. The largest absolute Gasteiger partial charge is 0.497 e. The molecule has 3 aliphatic rings. The van der Waals surface area contributed by atoms with Crippen molar-refractivity contribution in [2.24, 2.45) is 5.92 Å². The minimum atomic E-state index is -0.236. The SMILES string of the molecule is COc1cccc([C@@]23CC[N@+](C)(CC4CC4)CC2(OC)CC[C@@H](NC(=O)CCCCCc2ccccc2)C3)c1. The predicted molar refractivity (Wildman–Crippen MR) is 157 cm³/mol. The first kappa shape index (κ1) is 28.2. The summed E-state index contributed by atoms with van der Waals surface area (Å²) in [4.78, 5) is 13.1. The van der Waals surface area contributed by atoms with Crippen LogP contribution in [0.4, 0.5) is 0 Å². The number of rotatable bonds is 12. The lowest BCUT2D eigenvalue weighted by atomic mass is 9.54. The van der Waals surface area contributed by atoms with Crippen molar-refractivity contribution in [3.05, 3.63) is 65.7 Å². The molecule has 212 valence electrons. The number of likely N-dealkylation sites (tertiary alicyclic amines) is 1. The van der Waals surface area contributed by atoms with Crippen LogP contribution in [0.15, 0.2) is 54.6 Å². The summed E-state index contributed by atoms with van der Waals surface area (Å²) in [5.74, 6) is 1.99. The Labute approximate surface area is 235 Å². The van der Waals surface area contributed by atoms with E-state index in [0.717, 1.165) is 80.6 Å². The number of piperidine rings is 1. The van der Waals surface area contributed by atoms with Crippen LogP contribution in [0.5, 0.6) is 5.75 Å². The molecule has 0 aromatic heterocycles. The van der Waals surface area contributed by atoms with Gasteiger partial charge in [-0.05, 0) is 74.6 Å². The molecule has 2 aliphatic carbocycles. The van der Waals surface area contributed by atoms with E-state index in [9.17, 15) is 4.79 Å². The van der Waals surface area contributed by atoms with Gasteiger partial charge in [-0.3, -0.25) is 4.79 Å². The van der Waals surface area contributed by atoms with Gasteiger partial charge in [0, 0.05) is 37.3 Å². The molecule has 1 heterocycles. The lowest BCUT2D eigenvalue weighted by Crippen LogP contribution is -2.72. The molecule has 1 amide bonds. The van der Waals surface area contributed by atoms with Crippen LogP contribution in [-0.4, -0.2) is 62.9 Å². The minimum Gasteiger partial charge on any atom is -0.497 e. The topological polar surface area (TPSA) is 47.6 Å². The van der Waals surface area contributed by atoms with Gasteiger partial charge < -0.3 is 19.3 Å². The number of fused-ring (bicyclic) bond motifs is 1. The van der Waals surface area contributed by atoms with Gasteiger partial charge >= 0.3 is 0 Å². The van der Waals surface area contributed by atoms with Gasteiger partial charge in [0.05, 0.1) is 27.2 Å². The van der Waals surface area contributed by atoms with Crippen molar-refractivity contribution in [3.63, 3.8) is 0 Å². The molecule has 1 N–H and O–H groups in total. The predicted octanol–water partition coefficient (Wildman–Crippen LogP) is 6.05. The van der Waals surface area contributed by atoms with Crippen molar-refractivity contribution in [1.82, 2.24) is 5.32 Å². The second-order valence-corrected chi connectivity index (χ2v) is 12.9. The fourth-order valence-electron chi connectivity index (χ4n) is 7.82. The van der Waals surface area contributed by atoms with Crippen LogP contribution in [-0.2, 0) is 21.4 Å². The zero-order valence-electron chi connectivity index (χ0n) is 24.4. The lowest BCUT2D eigenvalue weighted by Gasteiger charge is -2.61. The summed E-state index contributed by atoms with van der Waals surface area (Å²) in [7, 11) is 6.12. The van der Waals surface area contributed by atoms with E-state index in [-0.39, 0.29) is 23.0 Å². The summed E-state index contributed by atoms with van der Waals surface area (Å²) in [5.41, 5.74) is 2.32. The molecule has 1 saturated heterocycles. The molecule has 5 nitrogen and oxygen atoms in total. The summed E-state index contributed by atoms with van der Waals surface area (Å²) in [6.45, 7) is 3.46. The summed E-state index contributed by atoms with van der Waals surface area (Å²) >= 11 is 0. The number of hydrogen-bond acceptors (Lipinski definition) is 3. The molecule has 2 saturated carbocycles. The van der Waals surface area contributed by atoms with Crippen LogP contribution in [0, 0.1) is 5.92 Å². The van der Waals surface area contributed by atoms with Gasteiger partial charge in [0.2, 0.25) is 5.91 Å². The van der Waals surface area contributed by atoms with Gasteiger partial charge in [-0.25, -0.2) is 0 Å². The molecule has 0 radical (unpaired) electrons. The molecular weight excluding hydrogens is 484 g/mol. The highest BCUT2D eigenvalue weighted by Crippen LogP contribution is 2.55. The maximum atomic E-state index is 13.1. The lowest BCUT2D eigenvalue weighted by molar-refractivity contribution is -0.925. The molecule has 5 rings (SSSR count). The second-order valence-electron chi connectivity index (χ2n) is 12.9. The Kier molecular flexibility index (Phi) is 8.68. The summed E-state index contributed by atoms with van der Waals surface area (Å²) < 4.78 is 13.4. The van der Waals surface area contributed by atoms with E-state index in [1.807, 2.05) is 13.2 Å². The normalized spacial score (nSPS) is 30.4. The summed E-state index contributed by atoms with van der Waals surface area (Å²) in [6, 6.07) is 19.5. The number of ether oxygens (including phenoxy) is 2. The Hall–Kier alpha value is -2.37. The number of amides is 1. The number of likely N-dealkylation sites (N-methyl/N-ethyl adjacent to an activating group) is 1. The van der Waals surface area contributed by atoms with Crippen molar-refractivity contribution >= 4 is 5.91 Å². The first-order valence-corrected chi connectivity index (χ1v) is 15.3. The van der Waals surface area contributed by atoms with Crippen LogP contribution >= 0.6 is 0 Å². The van der Waals surface area contributed by atoms with E-state index in [2.05, 4.69) is 60.9 Å². The minimum absolute atomic E-state index is 0.135. The van der Waals surface area contributed by atoms with Crippen molar-refractivity contribution in [1.29, 1.82) is 0 Å². The maximum Gasteiger partial charge on any atom is 0.220 e. The number of benzene rings is 2. The number of nitrogens with one attached hydrogen (secondary N) is 1. The third-order valence-electron chi connectivity index (χ3n) is 10.1. The Bertz CT molecular complexity index is 1100. The monoisotopic (exact) mass is 533 g/mol. The van der Waals surface area contributed by atoms with Crippen LogP contribution in [0.1, 0.15) is 75.3 Å². The highest BCUT2D eigenvalue weighted by Gasteiger charge is 2.63. The Balaban J connectivity index is 1.26. The molecule has 3 fully saturated rings. The molecule has 2 aromatic rings. The Morgan fingerprint density at radius 3 is 2.56 bits per heavy atom. The van der Waals surface area contributed by atoms with E-state index < -0.39 is 0 Å². The van der Waals surface area contributed by atoms with Crippen LogP contribution in [0.2, 0.25) is 0 Å². The van der Waals surface area contributed by atoms with Crippen molar-refractivity contribution in [2.45, 2.75) is 87.7 Å². The van der Waals surface area contributed by atoms with Gasteiger partial charge in [0.15, 0.2) is 0 Å². The molecule has 2 aromatic carbocycles. The van der Waals surface area contributed by atoms with Gasteiger partial charge in [0.25, 0.3) is 0 Å². The van der Waals surface area contributed by atoms with Crippen LogP contribution in [0.25, 0.3) is 0 Å². The summed E-state index contributed by atoms with van der Waals surface area (Å²) in [6.07, 6.45) is 11.6. The third-order valence-corrected chi connectivity index (χ3v) is 10.1. The number of methoxy groups -OCH3 is 2. The molecule has 1 aliphatic heterocycles. The number of quaternary nitrogens is 1. The van der Waals surface area contributed by atoms with Gasteiger partial charge in [0.1, 0.15) is 17.9 Å². The molecule has 4 atom stereocenters. The van der Waals surface area contributed by atoms with Crippen molar-refractivity contribution < 1.29 is 18.8 Å². The van der Waals surface area contributed by atoms with Crippen LogP contribution in [0.3, 0.4) is 0 Å². The van der Waals surface area contributed by atoms with E-state index in [4.69, 9.17) is 9.47 Å². The number of carbonyl (C=O) groups excluding carboxylic acids is 1. The molecule has 1 unspecified atom stereocenters. The van der Waals surface area contributed by atoms with Gasteiger partial charge in [-0.15, -0.1) is 0 Å². The number of aryl methyl sites for hydroxylation is 1.